The van der Waals surface area contributed by atoms with Crippen molar-refractivity contribution in [2.75, 3.05) is 32.8 Å². The smallest absolute Gasteiger partial charge is 0.246 e. The van der Waals surface area contributed by atoms with Gasteiger partial charge in [0.2, 0.25) is 5.91 Å². The highest BCUT2D eigenvalue weighted by Crippen LogP contribution is 2.10. The number of aliphatic hydroxyl groups excluding tert-OH is 1. The van der Waals surface area contributed by atoms with Gasteiger partial charge in [-0.25, -0.2) is 0 Å². The Hall–Kier alpha value is -0.870. The number of amides is 1. The summed E-state index contributed by atoms with van der Waals surface area (Å²) >= 11 is 0. The topological polar surface area (TPSA) is 43.8 Å². The summed E-state index contributed by atoms with van der Waals surface area (Å²) in [4.78, 5) is 15.4. The van der Waals surface area contributed by atoms with E-state index in [1.807, 2.05) is 0 Å². The van der Waals surface area contributed by atoms with Crippen molar-refractivity contribution < 1.29 is 9.90 Å². The van der Waals surface area contributed by atoms with E-state index in [0.29, 0.717) is 6.54 Å². The third-order valence-electron chi connectivity index (χ3n) is 2.81. The Balaban J connectivity index is 2.54. The molecular weight excluding hydrogens is 192 g/mol. The monoisotopic (exact) mass is 212 g/mol. The number of carbonyl (C=O) groups excluding carboxylic acids is 1. The van der Waals surface area contributed by atoms with Crippen LogP contribution in [0.5, 0.6) is 0 Å². The van der Waals surface area contributed by atoms with E-state index in [4.69, 9.17) is 0 Å². The molecule has 1 fully saturated rings. The van der Waals surface area contributed by atoms with Crippen molar-refractivity contribution in [2.24, 2.45) is 0 Å². The number of aliphatic hydroxyl groups is 1. The number of piperazine rings is 1. The summed E-state index contributed by atoms with van der Waals surface area (Å²) in [6, 6.07) is 0.0857. The predicted octanol–water partition coefficient (Wildman–Crippen LogP) is 0.0875. The van der Waals surface area contributed by atoms with Crippen LogP contribution in [0.3, 0.4) is 0 Å². The first kappa shape index (κ1) is 12.2. The molecule has 1 heterocycles. The summed E-state index contributed by atoms with van der Waals surface area (Å²) in [7, 11) is 0. The number of hydrogen-bond donors (Lipinski definition) is 1. The number of hydrogen-bond acceptors (Lipinski definition) is 3. The molecule has 15 heavy (non-hydrogen) atoms. The Morgan fingerprint density at radius 3 is 2.87 bits per heavy atom. The van der Waals surface area contributed by atoms with Crippen LogP contribution in [0.15, 0.2) is 12.7 Å². The Kier molecular flexibility index (Phi) is 4.78. The number of carbonyl (C=O) groups is 1. The fraction of sp³-hybridized carbons (Fsp3) is 0.727. The third-order valence-corrected chi connectivity index (χ3v) is 2.81. The average molecular weight is 212 g/mol. The first-order valence-corrected chi connectivity index (χ1v) is 5.49. The van der Waals surface area contributed by atoms with E-state index in [2.05, 4.69) is 18.4 Å². The molecule has 0 aromatic rings. The van der Waals surface area contributed by atoms with E-state index in [1.165, 1.54) is 6.08 Å². The average Bonchev–Trinajstić information content (AvgIpc) is 2.29. The van der Waals surface area contributed by atoms with Gasteiger partial charge in [0.25, 0.3) is 0 Å². The van der Waals surface area contributed by atoms with Crippen molar-refractivity contribution in [3.8, 4) is 0 Å². The van der Waals surface area contributed by atoms with Crippen LogP contribution in [-0.2, 0) is 4.79 Å². The zero-order chi connectivity index (χ0) is 11.3. The second kappa shape index (κ2) is 5.88. The van der Waals surface area contributed by atoms with Gasteiger partial charge in [0.15, 0.2) is 0 Å². The molecular formula is C11H20N2O2. The lowest BCUT2D eigenvalue weighted by Crippen LogP contribution is -2.55. The van der Waals surface area contributed by atoms with Crippen molar-refractivity contribution in [1.82, 2.24) is 9.80 Å². The first-order valence-electron chi connectivity index (χ1n) is 5.49. The van der Waals surface area contributed by atoms with Gasteiger partial charge >= 0.3 is 0 Å². The third kappa shape index (κ3) is 3.04. The van der Waals surface area contributed by atoms with Crippen LogP contribution in [0.25, 0.3) is 0 Å². The molecule has 0 aromatic carbocycles. The van der Waals surface area contributed by atoms with Crippen LogP contribution in [-0.4, -0.2) is 59.6 Å². The van der Waals surface area contributed by atoms with Gasteiger partial charge in [-0.15, -0.1) is 0 Å². The van der Waals surface area contributed by atoms with Crippen molar-refractivity contribution in [3.63, 3.8) is 0 Å². The van der Waals surface area contributed by atoms with E-state index in [1.54, 1.807) is 4.90 Å². The maximum atomic E-state index is 11.4. The van der Waals surface area contributed by atoms with Crippen LogP contribution in [0, 0.1) is 0 Å². The first-order chi connectivity index (χ1) is 7.22. The zero-order valence-corrected chi connectivity index (χ0v) is 9.35. The molecule has 1 aliphatic heterocycles. The fourth-order valence-corrected chi connectivity index (χ4v) is 1.98. The molecule has 1 aliphatic rings. The summed E-state index contributed by atoms with van der Waals surface area (Å²) in [5.41, 5.74) is 0. The molecule has 4 heteroatoms. The molecule has 0 radical (unpaired) electrons. The molecule has 1 rings (SSSR count). The Bertz CT molecular complexity index is 231. The molecule has 0 spiro atoms. The van der Waals surface area contributed by atoms with Gasteiger partial charge in [-0.3, -0.25) is 9.69 Å². The second-order valence-corrected chi connectivity index (χ2v) is 3.86. The van der Waals surface area contributed by atoms with E-state index in [-0.39, 0.29) is 18.6 Å². The van der Waals surface area contributed by atoms with E-state index < -0.39 is 0 Å². The summed E-state index contributed by atoms with van der Waals surface area (Å²) < 4.78 is 0. The minimum atomic E-state index is -0.0374. The van der Waals surface area contributed by atoms with Gasteiger partial charge in [-0.1, -0.05) is 13.5 Å². The van der Waals surface area contributed by atoms with Gasteiger partial charge in [-0.05, 0) is 19.0 Å². The van der Waals surface area contributed by atoms with Crippen LogP contribution in [0.1, 0.15) is 13.3 Å². The van der Waals surface area contributed by atoms with Crippen molar-refractivity contribution >= 4 is 5.91 Å². The molecule has 1 atom stereocenters. The molecule has 1 unspecified atom stereocenters. The van der Waals surface area contributed by atoms with Gasteiger partial charge in [-0.2, -0.15) is 0 Å². The van der Waals surface area contributed by atoms with Crippen LogP contribution in [0.2, 0.25) is 0 Å². The minimum Gasteiger partial charge on any atom is -0.395 e. The molecule has 0 saturated carbocycles. The lowest BCUT2D eigenvalue weighted by molar-refractivity contribution is -0.129. The summed E-state index contributed by atoms with van der Waals surface area (Å²) in [6.45, 7) is 8.89. The van der Waals surface area contributed by atoms with Crippen LogP contribution < -0.4 is 0 Å². The van der Waals surface area contributed by atoms with Gasteiger partial charge in [0.1, 0.15) is 0 Å². The van der Waals surface area contributed by atoms with Crippen molar-refractivity contribution in [1.29, 1.82) is 0 Å². The van der Waals surface area contributed by atoms with E-state index in [9.17, 15) is 9.90 Å². The van der Waals surface area contributed by atoms with Gasteiger partial charge < -0.3 is 10.0 Å². The molecule has 0 aromatic heterocycles. The van der Waals surface area contributed by atoms with Gasteiger partial charge in [0.05, 0.1) is 12.6 Å². The molecule has 1 saturated heterocycles. The molecule has 4 nitrogen and oxygen atoms in total. The Morgan fingerprint density at radius 1 is 1.60 bits per heavy atom. The lowest BCUT2D eigenvalue weighted by atomic mass is 10.1. The predicted molar refractivity (Wildman–Crippen MR) is 59.5 cm³/mol. The maximum absolute atomic E-state index is 11.4. The largest absolute Gasteiger partial charge is 0.395 e. The molecule has 1 amide bonds. The molecule has 86 valence electrons. The summed E-state index contributed by atoms with van der Waals surface area (Å²) in [5.74, 6) is -0.0374. The molecule has 0 aliphatic carbocycles. The lowest BCUT2D eigenvalue weighted by Gasteiger charge is -2.40. The standard InChI is InChI=1S/C11H20N2O2/c1-3-5-12-6-7-13(11(15)4-2)8-10(12)9-14/h4,10,14H,2-3,5-9H2,1H3. The highest BCUT2D eigenvalue weighted by molar-refractivity contribution is 5.87. The van der Waals surface area contributed by atoms with E-state index in [0.717, 1.165) is 26.1 Å². The number of rotatable bonds is 4. The maximum Gasteiger partial charge on any atom is 0.246 e. The minimum absolute atomic E-state index is 0.0374. The van der Waals surface area contributed by atoms with Crippen molar-refractivity contribution in [3.05, 3.63) is 12.7 Å². The summed E-state index contributed by atoms with van der Waals surface area (Å²) in [6.07, 6.45) is 2.41. The normalized spacial score (nSPS) is 22.8. The highest BCUT2D eigenvalue weighted by atomic mass is 16.3. The highest BCUT2D eigenvalue weighted by Gasteiger charge is 2.27. The van der Waals surface area contributed by atoms with Crippen molar-refractivity contribution in [2.45, 2.75) is 19.4 Å². The molecule has 1 N–H and O–H groups in total. The van der Waals surface area contributed by atoms with Gasteiger partial charge in [0, 0.05) is 19.6 Å². The fourth-order valence-electron chi connectivity index (χ4n) is 1.98. The SMILES string of the molecule is C=CC(=O)N1CCN(CCC)C(CO)C1. The van der Waals surface area contributed by atoms with Crippen LogP contribution >= 0.6 is 0 Å². The zero-order valence-electron chi connectivity index (χ0n) is 9.35. The number of nitrogens with zero attached hydrogens (tertiary/aromatic N) is 2. The Labute approximate surface area is 91.2 Å². The molecule has 0 bridgehead atoms. The summed E-state index contributed by atoms with van der Waals surface area (Å²) in [5, 5.41) is 9.25. The quantitative estimate of drug-likeness (QED) is 0.672. The van der Waals surface area contributed by atoms with E-state index >= 15 is 0 Å². The second-order valence-electron chi connectivity index (χ2n) is 3.86. The van der Waals surface area contributed by atoms with Crippen LogP contribution in [0.4, 0.5) is 0 Å². The Morgan fingerprint density at radius 2 is 2.33 bits per heavy atom.